The van der Waals surface area contributed by atoms with Gasteiger partial charge in [0.05, 0.1) is 0 Å². The van der Waals surface area contributed by atoms with Gasteiger partial charge < -0.3 is 10.0 Å². The van der Waals surface area contributed by atoms with Crippen LogP contribution in [-0.4, -0.2) is 60.8 Å². The molecule has 0 radical (unpaired) electrons. The minimum atomic E-state index is 0.199. The molecular formula is C16H32N2O. The molecule has 1 heterocycles. The molecule has 19 heavy (non-hydrogen) atoms. The molecule has 2 aliphatic rings. The maximum absolute atomic E-state index is 9.94. The van der Waals surface area contributed by atoms with E-state index in [4.69, 9.17) is 0 Å². The second-order valence-electron chi connectivity index (χ2n) is 6.85. The smallest absolute Gasteiger partial charge is 0.0499 e. The monoisotopic (exact) mass is 268 g/mol. The summed E-state index contributed by atoms with van der Waals surface area (Å²) in [4.78, 5) is 5.12. The van der Waals surface area contributed by atoms with Gasteiger partial charge in [-0.05, 0) is 26.3 Å². The van der Waals surface area contributed by atoms with E-state index in [0.29, 0.717) is 12.6 Å². The van der Waals surface area contributed by atoms with E-state index >= 15 is 0 Å². The van der Waals surface area contributed by atoms with E-state index in [0.717, 1.165) is 6.54 Å². The van der Waals surface area contributed by atoms with E-state index in [1.54, 1.807) is 0 Å². The lowest BCUT2D eigenvalue weighted by Crippen LogP contribution is -2.54. The summed E-state index contributed by atoms with van der Waals surface area (Å²) >= 11 is 0. The lowest BCUT2D eigenvalue weighted by Gasteiger charge is -2.43. The van der Waals surface area contributed by atoms with Gasteiger partial charge in [-0.15, -0.1) is 0 Å². The summed E-state index contributed by atoms with van der Waals surface area (Å²) in [6.45, 7) is 7.34. The van der Waals surface area contributed by atoms with Crippen LogP contribution in [0.4, 0.5) is 0 Å². The molecule has 3 nitrogen and oxygen atoms in total. The van der Waals surface area contributed by atoms with Crippen LogP contribution in [0.2, 0.25) is 0 Å². The number of nitrogens with zero attached hydrogens (tertiary/aromatic N) is 2. The Bertz CT molecular complexity index is 261. The molecule has 1 N–H and O–H groups in total. The van der Waals surface area contributed by atoms with Crippen molar-refractivity contribution in [2.24, 2.45) is 5.41 Å². The van der Waals surface area contributed by atoms with Crippen molar-refractivity contribution in [3.8, 4) is 0 Å². The number of piperazine rings is 1. The fourth-order valence-corrected chi connectivity index (χ4v) is 3.91. The number of rotatable bonds is 4. The fourth-order valence-electron chi connectivity index (χ4n) is 3.91. The second-order valence-corrected chi connectivity index (χ2v) is 6.85. The first-order valence-electron chi connectivity index (χ1n) is 8.22. The number of hydrogen-bond acceptors (Lipinski definition) is 3. The van der Waals surface area contributed by atoms with Crippen molar-refractivity contribution in [3.05, 3.63) is 0 Å². The van der Waals surface area contributed by atoms with Crippen molar-refractivity contribution < 1.29 is 5.11 Å². The lowest BCUT2D eigenvalue weighted by atomic mass is 9.80. The predicted octanol–water partition coefficient (Wildman–Crippen LogP) is 2.35. The van der Waals surface area contributed by atoms with Crippen molar-refractivity contribution >= 4 is 0 Å². The zero-order chi connectivity index (χ0) is 13.7. The minimum absolute atomic E-state index is 0.199. The number of aliphatic hydroxyl groups is 1. The molecule has 1 saturated carbocycles. The van der Waals surface area contributed by atoms with Crippen LogP contribution in [0.3, 0.4) is 0 Å². The van der Waals surface area contributed by atoms with Crippen LogP contribution < -0.4 is 0 Å². The van der Waals surface area contributed by atoms with Gasteiger partial charge in [0.25, 0.3) is 0 Å². The first-order valence-corrected chi connectivity index (χ1v) is 8.22. The van der Waals surface area contributed by atoms with Gasteiger partial charge >= 0.3 is 0 Å². The van der Waals surface area contributed by atoms with E-state index in [1.165, 1.54) is 64.6 Å². The molecule has 0 aromatic heterocycles. The Kier molecular flexibility index (Phi) is 5.67. The van der Waals surface area contributed by atoms with Gasteiger partial charge in [-0.1, -0.05) is 32.6 Å². The summed E-state index contributed by atoms with van der Waals surface area (Å²) in [5.74, 6) is 0. The van der Waals surface area contributed by atoms with Gasteiger partial charge in [0, 0.05) is 44.2 Å². The molecule has 1 aliphatic heterocycles. The third-order valence-corrected chi connectivity index (χ3v) is 5.39. The van der Waals surface area contributed by atoms with Crippen molar-refractivity contribution in [3.63, 3.8) is 0 Å². The van der Waals surface area contributed by atoms with E-state index in [2.05, 4.69) is 23.8 Å². The molecule has 0 aromatic carbocycles. The molecular weight excluding hydrogens is 236 g/mol. The Labute approximate surface area is 119 Å². The summed E-state index contributed by atoms with van der Waals surface area (Å²) < 4.78 is 0. The molecule has 0 amide bonds. The molecule has 1 aliphatic carbocycles. The number of aliphatic hydroxyl groups excluding tert-OH is 1. The Morgan fingerprint density at radius 1 is 1.11 bits per heavy atom. The summed E-state index contributed by atoms with van der Waals surface area (Å²) in [7, 11) is 2.25. The van der Waals surface area contributed by atoms with Crippen molar-refractivity contribution in [1.82, 2.24) is 9.80 Å². The topological polar surface area (TPSA) is 26.7 Å². The van der Waals surface area contributed by atoms with E-state index in [1.807, 2.05) is 0 Å². The second kappa shape index (κ2) is 7.05. The van der Waals surface area contributed by atoms with Crippen molar-refractivity contribution in [2.45, 2.75) is 57.9 Å². The summed E-state index contributed by atoms with van der Waals surface area (Å²) in [6, 6.07) is 0.704. The van der Waals surface area contributed by atoms with Gasteiger partial charge in [-0.25, -0.2) is 0 Å². The Morgan fingerprint density at radius 3 is 2.37 bits per heavy atom. The van der Waals surface area contributed by atoms with Crippen LogP contribution in [0.25, 0.3) is 0 Å². The van der Waals surface area contributed by atoms with Gasteiger partial charge in [-0.3, -0.25) is 4.90 Å². The molecule has 1 unspecified atom stereocenters. The average molecular weight is 268 g/mol. The Morgan fingerprint density at radius 2 is 1.79 bits per heavy atom. The highest BCUT2D eigenvalue weighted by atomic mass is 16.3. The van der Waals surface area contributed by atoms with Crippen molar-refractivity contribution in [2.75, 3.05) is 39.8 Å². The van der Waals surface area contributed by atoms with Crippen LogP contribution in [-0.2, 0) is 0 Å². The molecule has 1 atom stereocenters. The maximum atomic E-state index is 9.94. The molecule has 0 spiro atoms. The maximum Gasteiger partial charge on any atom is 0.0499 e. The van der Waals surface area contributed by atoms with Gasteiger partial charge in [0.1, 0.15) is 0 Å². The summed E-state index contributed by atoms with van der Waals surface area (Å²) in [5, 5.41) is 9.94. The normalized spacial score (nSPS) is 30.2. The number of hydrogen-bond donors (Lipinski definition) is 1. The zero-order valence-corrected chi connectivity index (χ0v) is 12.9. The zero-order valence-electron chi connectivity index (χ0n) is 12.9. The van der Waals surface area contributed by atoms with E-state index in [-0.39, 0.29) is 5.41 Å². The van der Waals surface area contributed by atoms with Crippen LogP contribution in [0.1, 0.15) is 51.9 Å². The highest BCUT2D eigenvalue weighted by molar-refractivity contribution is 4.88. The first-order chi connectivity index (χ1) is 9.19. The Balaban J connectivity index is 1.93. The van der Waals surface area contributed by atoms with Crippen LogP contribution >= 0.6 is 0 Å². The number of likely N-dealkylation sites (N-methyl/N-ethyl adjacent to an activating group) is 1. The molecule has 0 aromatic rings. The van der Waals surface area contributed by atoms with E-state index < -0.39 is 0 Å². The predicted molar refractivity (Wildman–Crippen MR) is 80.4 cm³/mol. The molecule has 0 bridgehead atoms. The largest absolute Gasteiger partial charge is 0.396 e. The highest BCUT2D eigenvalue weighted by Gasteiger charge is 2.34. The fraction of sp³-hybridized carbons (Fsp3) is 1.00. The Hall–Kier alpha value is -0.120. The van der Waals surface area contributed by atoms with Crippen LogP contribution in [0, 0.1) is 5.41 Å². The molecule has 112 valence electrons. The summed E-state index contributed by atoms with van der Waals surface area (Å²) in [6.07, 6.45) is 9.04. The van der Waals surface area contributed by atoms with E-state index in [9.17, 15) is 5.11 Å². The third-order valence-electron chi connectivity index (χ3n) is 5.39. The molecule has 3 heteroatoms. The minimum Gasteiger partial charge on any atom is -0.396 e. The summed E-state index contributed by atoms with van der Waals surface area (Å²) in [5.41, 5.74) is 0.199. The SMILES string of the molecule is CCC1CN(CC2(CO)CCCCCC2)CCN1C. The molecule has 2 rings (SSSR count). The van der Waals surface area contributed by atoms with Gasteiger partial charge in [-0.2, -0.15) is 0 Å². The third kappa shape index (κ3) is 3.93. The average Bonchev–Trinajstić information content (AvgIpc) is 2.67. The lowest BCUT2D eigenvalue weighted by molar-refractivity contribution is 0.0212. The first kappa shape index (κ1) is 15.3. The van der Waals surface area contributed by atoms with Crippen LogP contribution in [0.15, 0.2) is 0 Å². The quantitative estimate of drug-likeness (QED) is 0.793. The molecule has 2 fully saturated rings. The highest BCUT2D eigenvalue weighted by Crippen LogP contribution is 2.35. The van der Waals surface area contributed by atoms with Crippen LogP contribution in [0.5, 0.6) is 0 Å². The van der Waals surface area contributed by atoms with Gasteiger partial charge in [0.15, 0.2) is 0 Å². The van der Waals surface area contributed by atoms with Gasteiger partial charge in [0.2, 0.25) is 0 Å². The molecule has 1 saturated heterocycles. The van der Waals surface area contributed by atoms with Crippen molar-refractivity contribution in [1.29, 1.82) is 0 Å². The standard InChI is InChI=1S/C16H32N2O/c1-3-15-12-18(11-10-17(15)2)13-16(14-19)8-6-4-5-7-9-16/h15,19H,3-14H2,1-2H3.